The largest absolute Gasteiger partial charge is 0.317 e. The van der Waals surface area contributed by atoms with E-state index in [0.717, 1.165) is 24.0 Å². The van der Waals surface area contributed by atoms with Gasteiger partial charge in [-0.1, -0.05) is 225 Å². The first-order valence-electron chi connectivity index (χ1n) is 27.6. The van der Waals surface area contributed by atoms with Crippen molar-refractivity contribution in [2.75, 3.05) is 20.1 Å². The molecule has 410 valence electrons. The summed E-state index contributed by atoms with van der Waals surface area (Å²) in [5, 5.41) is 0. The molecule has 0 radical (unpaired) electrons. The third-order valence-corrected chi connectivity index (χ3v) is 21.5. The van der Waals surface area contributed by atoms with E-state index in [0.29, 0.717) is 10.8 Å². The third-order valence-electron chi connectivity index (χ3n) is 21.5. The summed E-state index contributed by atoms with van der Waals surface area (Å²) in [5.41, 5.74) is 11.1. The van der Waals surface area contributed by atoms with Gasteiger partial charge in [-0.15, -0.1) is 5.73 Å². The number of hydrogen-bond donors (Lipinski definition) is 0. The molecule has 0 aromatic rings. The van der Waals surface area contributed by atoms with Crippen molar-refractivity contribution in [1.82, 2.24) is 4.90 Å². The molecule has 2 heteroatoms. The van der Waals surface area contributed by atoms with E-state index >= 15 is 0 Å². The Kier molecular flexibility index (Phi) is 24.7. The summed E-state index contributed by atoms with van der Waals surface area (Å²) < 4.78 is 1.09. The van der Waals surface area contributed by atoms with Crippen LogP contribution in [0.4, 0.5) is 0 Å². The molecule has 0 aromatic heterocycles. The van der Waals surface area contributed by atoms with Crippen LogP contribution in [0.25, 0.3) is 0 Å². The van der Waals surface area contributed by atoms with Gasteiger partial charge in [0.25, 0.3) is 0 Å². The molecule has 0 saturated heterocycles. The van der Waals surface area contributed by atoms with Gasteiger partial charge in [0.15, 0.2) is 0 Å². The average Bonchev–Trinajstić information content (AvgIpc) is 3.04. The molecule has 68 heavy (non-hydrogen) atoms. The van der Waals surface area contributed by atoms with E-state index in [1.54, 1.807) is 11.1 Å². The van der Waals surface area contributed by atoms with Crippen molar-refractivity contribution >= 4 is 0 Å². The molecule has 0 saturated carbocycles. The van der Waals surface area contributed by atoms with Crippen LogP contribution in [0, 0.1) is 59.6 Å². The zero-order chi connectivity index (χ0) is 57.1. The van der Waals surface area contributed by atoms with Crippen molar-refractivity contribution in [1.29, 1.82) is 0 Å². The average molecular weight is 959 g/mol. The summed E-state index contributed by atoms with van der Waals surface area (Å²) in [6.07, 6.45) is 1.16. The van der Waals surface area contributed by atoms with E-state index in [2.05, 4.69) is 315 Å². The number of allylic oxidation sites excluding steroid dienone is 3. The second kappa shape index (κ2) is 22.7. The van der Waals surface area contributed by atoms with Gasteiger partial charge in [0, 0.05) is 16.5 Å². The van der Waals surface area contributed by atoms with Crippen LogP contribution in [0.1, 0.15) is 297 Å². The van der Waals surface area contributed by atoms with E-state index in [1.165, 1.54) is 5.57 Å². The first-order valence-corrected chi connectivity index (χ1v) is 27.6. The lowest BCUT2D eigenvalue weighted by molar-refractivity contribution is -1.00. The Hall–Kier alpha value is -0.820. The minimum Gasteiger partial charge on any atom is -0.317 e. The van der Waals surface area contributed by atoms with Gasteiger partial charge in [0.2, 0.25) is 0 Å². The lowest BCUT2D eigenvalue weighted by Gasteiger charge is -2.63. The Bertz CT molecular complexity index is 1610. The smallest absolute Gasteiger partial charge is 0.0993 e. The SMILES string of the molecule is C=C=C(C(C)(C)C)C(C)(C)C(C)(C)C(C)(C)C.CC/C(=C(\C)C(C)(C)C(C)(C)C)C(C)(C)C.CCN(C(C)(C)C)C(C)(C)C(C)(C)C(C)(C)C.CC[N+](C)(C(C)(C)C)C(C)(C)C(C)(C)C(C)(C)C. The monoisotopic (exact) mass is 958 g/mol. The van der Waals surface area contributed by atoms with Gasteiger partial charge in [-0.3, -0.25) is 4.90 Å². The Morgan fingerprint density at radius 1 is 0.441 bits per heavy atom. The number of hydrogen-bond acceptors (Lipinski definition) is 1. The second-order valence-corrected chi connectivity index (χ2v) is 33.3. The first kappa shape index (κ1) is 73.7. The lowest BCUT2D eigenvalue weighted by Crippen LogP contribution is -2.73. The van der Waals surface area contributed by atoms with Crippen molar-refractivity contribution in [3.05, 3.63) is 29.0 Å². The zero-order valence-electron chi connectivity index (χ0n) is 56.2. The van der Waals surface area contributed by atoms with Crippen LogP contribution in [-0.2, 0) is 0 Å². The molecule has 0 amide bonds. The van der Waals surface area contributed by atoms with Gasteiger partial charge in [0.05, 0.1) is 24.7 Å². The van der Waals surface area contributed by atoms with Gasteiger partial charge >= 0.3 is 0 Å². The van der Waals surface area contributed by atoms with Crippen LogP contribution in [0.2, 0.25) is 0 Å². The van der Waals surface area contributed by atoms with Gasteiger partial charge in [-0.2, -0.15) is 0 Å². The molecule has 2 nitrogen and oxygen atoms in total. The van der Waals surface area contributed by atoms with Crippen molar-refractivity contribution in [3.63, 3.8) is 0 Å². The van der Waals surface area contributed by atoms with Gasteiger partial charge in [0.1, 0.15) is 0 Å². The fourth-order valence-electron chi connectivity index (χ4n) is 11.2. The Morgan fingerprint density at radius 2 is 0.765 bits per heavy atom. The van der Waals surface area contributed by atoms with Crippen LogP contribution in [0.15, 0.2) is 29.0 Å². The van der Waals surface area contributed by atoms with Crippen molar-refractivity contribution in [2.24, 2.45) is 59.6 Å². The number of nitrogens with zero attached hydrogens (tertiary/aromatic N) is 2. The summed E-state index contributed by atoms with van der Waals surface area (Å²) in [5.74, 6) is 0. The highest BCUT2D eigenvalue weighted by atomic mass is 15.4. The number of rotatable bonds is 10. The maximum atomic E-state index is 3.93. The van der Waals surface area contributed by atoms with Gasteiger partial charge in [-0.05, 0) is 156 Å². The molecule has 0 N–H and O–H groups in total. The molecule has 0 fully saturated rings. The molecular formula is C66H137N2+. The van der Waals surface area contributed by atoms with Crippen molar-refractivity contribution in [2.45, 2.75) is 319 Å². The topological polar surface area (TPSA) is 3.24 Å². The Balaban J connectivity index is -0.000000402. The van der Waals surface area contributed by atoms with E-state index in [9.17, 15) is 0 Å². The van der Waals surface area contributed by atoms with E-state index in [1.807, 2.05) is 0 Å². The van der Waals surface area contributed by atoms with Crippen molar-refractivity contribution in [3.8, 4) is 0 Å². The third kappa shape index (κ3) is 16.1. The minimum absolute atomic E-state index is 0.0747. The molecule has 0 rings (SSSR count). The standard InChI is InChI=1S/C17H38N.C17H32.C16H35N.C16H32/c1-13-18(12,15(5,6)7)17(10,11)16(8,9)14(2,3)4;1-12-13(14(2,3)4)16(8,9)17(10,11)15(5,6)7;1-12-17(14(5,6)7)16(10,11)15(8,9)13(2,3)4;1-11-13(14(3,4)5)12(2)16(9,10)15(6,7)8/h13H2,1-12H3;1H2,2-11H3;12H2,1-11H3;11H2,1-10H3/q+1;;;/b;;;13-12-. The highest BCUT2D eigenvalue weighted by molar-refractivity contribution is 5.25. The molecule has 0 aromatic carbocycles. The molecular weight excluding hydrogens is 821 g/mol. The van der Waals surface area contributed by atoms with Crippen LogP contribution < -0.4 is 0 Å². The van der Waals surface area contributed by atoms with Crippen LogP contribution in [0.5, 0.6) is 0 Å². The molecule has 0 bridgehead atoms. The quantitative estimate of drug-likeness (QED) is 0.120. The number of quaternary nitrogens is 1. The normalized spacial score (nSPS) is 16.2. The van der Waals surface area contributed by atoms with Crippen LogP contribution in [0.3, 0.4) is 0 Å². The van der Waals surface area contributed by atoms with E-state index < -0.39 is 0 Å². The summed E-state index contributed by atoms with van der Waals surface area (Å²) >= 11 is 0. The van der Waals surface area contributed by atoms with Gasteiger partial charge in [-0.25, -0.2) is 0 Å². The van der Waals surface area contributed by atoms with Gasteiger partial charge < -0.3 is 4.48 Å². The van der Waals surface area contributed by atoms with E-state index in [4.69, 9.17) is 0 Å². The maximum Gasteiger partial charge on any atom is 0.0993 e. The molecule has 0 aliphatic carbocycles. The Labute approximate surface area is 435 Å². The predicted octanol–water partition coefficient (Wildman–Crippen LogP) is 21.7. The molecule has 0 aliphatic rings. The molecule has 1 unspecified atom stereocenters. The fraction of sp³-hybridized carbons (Fsp3) is 0.924. The molecule has 0 aliphatic heterocycles. The first-order chi connectivity index (χ1) is 28.8. The summed E-state index contributed by atoms with van der Waals surface area (Å²) in [7, 11) is 2.42. The Morgan fingerprint density at radius 3 is 0.941 bits per heavy atom. The fourth-order valence-corrected chi connectivity index (χ4v) is 11.2. The molecule has 1 atom stereocenters. The second-order valence-electron chi connectivity index (χ2n) is 33.3. The highest BCUT2D eigenvalue weighted by Crippen LogP contribution is 2.58. The van der Waals surface area contributed by atoms with Crippen LogP contribution >= 0.6 is 0 Å². The van der Waals surface area contributed by atoms with Crippen molar-refractivity contribution < 1.29 is 4.48 Å². The van der Waals surface area contributed by atoms with E-state index in [-0.39, 0.29) is 70.9 Å². The summed E-state index contributed by atoms with van der Waals surface area (Å²) in [6.45, 7) is 105. The minimum atomic E-state index is 0.0747. The maximum absolute atomic E-state index is 3.93. The molecule has 0 spiro atoms. The van der Waals surface area contributed by atoms with Crippen LogP contribution in [-0.4, -0.2) is 51.7 Å². The summed E-state index contributed by atoms with van der Waals surface area (Å²) in [4.78, 5) is 2.63. The zero-order valence-corrected chi connectivity index (χ0v) is 56.2. The predicted molar refractivity (Wildman–Crippen MR) is 318 cm³/mol. The molecule has 0 heterocycles. The highest BCUT2D eigenvalue weighted by Gasteiger charge is 2.59. The lowest BCUT2D eigenvalue weighted by atomic mass is 9.51. The summed E-state index contributed by atoms with van der Waals surface area (Å²) in [6, 6.07) is 0.